The summed E-state index contributed by atoms with van der Waals surface area (Å²) in [6, 6.07) is 0. The lowest BCUT2D eigenvalue weighted by Crippen LogP contribution is -2.10. The number of hydrogen-bond acceptors (Lipinski definition) is 3. The van der Waals surface area contributed by atoms with E-state index in [1.54, 1.807) is 31.2 Å². The van der Waals surface area contributed by atoms with E-state index in [1.165, 1.54) is 0 Å². The lowest BCUT2D eigenvalue weighted by molar-refractivity contribution is -0.135. The fraction of sp³-hybridized carbons (Fsp3) is 0.167. The Kier molecular flexibility index (Phi) is 4.70. The van der Waals surface area contributed by atoms with Crippen molar-refractivity contribution < 1.29 is 14.3 Å². The zero-order valence-electron chi connectivity index (χ0n) is 11.9. The summed E-state index contributed by atoms with van der Waals surface area (Å²) >= 11 is 0. The van der Waals surface area contributed by atoms with Crippen molar-refractivity contribution >= 4 is 11.8 Å². The van der Waals surface area contributed by atoms with Crippen LogP contribution >= 0.6 is 0 Å². The fourth-order valence-corrected chi connectivity index (χ4v) is 1.87. The number of esters is 1. The second-order valence-corrected chi connectivity index (χ2v) is 4.79. The maximum Gasteiger partial charge on any atom is 0.338 e. The van der Waals surface area contributed by atoms with Gasteiger partial charge in [0.15, 0.2) is 5.78 Å². The number of carbonyl (C=O) groups is 2. The van der Waals surface area contributed by atoms with Gasteiger partial charge in [-0.05, 0) is 31.6 Å². The maximum atomic E-state index is 12.3. The van der Waals surface area contributed by atoms with E-state index in [-0.39, 0.29) is 5.78 Å². The van der Waals surface area contributed by atoms with Crippen molar-refractivity contribution in [2.24, 2.45) is 0 Å². The average molecular weight is 280 g/mol. The van der Waals surface area contributed by atoms with Crippen LogP contribution in [0.1, 0.15) is 19.8 Å². The Bertz CT molecular complexity index is 675. The van der Waals surface area contributed by atoms with Crippen molar-refractivity contribution in [3.63, 3.8) is 0 Å². The Balaban J connectivity index is 2.10. The van der Waals surface area contributed by atoms with Crippen LogP contribution in [-0.4, -0.2) is 11.8 Å². The molecule has 0 heterocycles. The highest BCUT2D eigenvalue weighted by Gasteiger charge is 2.18. The topological polar surface area (TPSA) is 43.4 Å². The predicted molar refractivity (Wildman–Crippen MR) is 81.2 cm³/mol. The van der Waals surface area contributed by atoms with E-state index in [9.17, 15) is 9.59 Å². The van der Waals surface area contributed by atoms with Crippen molar-refractivity contribution in [2.45, 2.75) is 19.8 Å². The number of allylic oxidation sites excluding steroid dienone is 9. The SMILES string of the molecule is C=C(C)C(=O)OC1=CC=C(C(=O)C2=C=CC=CC=C2)CC1. The highest BCUT2D eigenvalue weighted by Crippen LogP contribution is 2.23. The first-order valence-corrected chi connectivity index (χ1v) is 6.70. The molecule has 0 aromatic carbocycles. The number of Topliss-reactive ketones (excluding diaryl/α,β-unsaturated/α-hetero) is 1. The van der Waals surface area contributed by atoms with Gasteiger partial charge in [-0.25, -0.2) is 4.79 Å². The average Bonchev–Trinajstić information content (AvgIpc) is 2.76. The Morgan fingerprint density at radius 2 is 2.00 bits per heavy atom. The van der Waals surface area contributed by atoms with Crippen LogP contribution in [0, 0.1) is 0 Å². The molecular weight excluding hydrogens is 264 g/mol. The van der Waals surface area contributed by atoms with Gasteiger partial charge in [0.1, 0.15) is 5.76 Å². The van der Waals surface area contributed by atoms with Crippen LogP contribution in [0.3, 0.4) is 0 Å². The number of hydrogen-bond donors (Lipinski definition) is 0. The van der Waals surface area contributed by atoms with Gasteiger partial charge >= 0.3 is 5.97 Å². The Morgan fingerprint density at radius 3 is 2.67 bits per heavy atom. The second-order valence-electron chi connectivity index (χ2n) is 4.79. The molecule has 0 fully saturated rings. The summed E-state index contributed by atoms with van der Waals surface area (Å²) in [4.78, 5) is 23.8. The molecule has 0 N–H and O–H groups in total. The lowest BCUT2D eigenvalue weighted by Gasteiger charge is -2.14. The quantitative estimate of drug-likeness (QED) is 0.450. The van der Waals surface area contributed by atoms with Gasteiger partial charge in [-0.15, -0.1) is 5.73 Å². The highest BCUT2D eigenvalue weighted by atomic mass is 16.5. The van der Waals surface area contributed by atoms with E-state index in [1.807, 2.05) is 18.2 Å². The summed E-state index contributed by atoms with van der Waals surface area (Å²) in [6.07, 6.45) is 13.4. The van der Waals surface area contributed by atoms with Crippen LogP contribution in [-0.2, 0) is 14.3 Å². The van der Waals surface area contributed by atoms with Gasteiger partial charge in [0, 0.05) is 17.6 Å². The third kappa shape index (κ3) is 3.91. The molecule has 3 nitrogen and oxygen atoms in total. The van der Waals surface area contributed by atoms with Crippen molar-refractivity contribution in [1.82, 2.24) is 0 Å². The molecular formula is C18H16O3. The van der Waals surface area contributed by atoms with Gasteiger partial charge in [0.05, 0.1) is 5.57 Å². The largest absolute Gasteiger partial charge is 0.428 e. The molecule has 0 aromatic heterocycles. The van der Waals surface area contributed by atoms with Crippen LogP contribution in [0.2, 0.25) is 0 Å². The summed E-state index contributed by atoms with van der Waals surface area (Å²) in [5.41, 5.74) is 4.52. The molecule has 0 bridgehead atoms. The summed E-state index contributed by atoms with van der Waals surface area (Å²) < 4.78 is 5.16. The van der Waals surface area contributed by atoms with Crippen molar-refractivity contribution in [3.05, 3.63) is 77.3 Å². The number of ether oxygens (including phenoxy) is 1. The van der Waals surface area contributed by atoms with Crippen LogP contribution in [0.25, 0.3) is 0 Å². The van der Waals surface area contributed by atoms with Crippen molar-refractivity contribution in [1.29, 1.82) is 0 Å². The Morgan fingerprint density at radius 1 is 1.19 bits per heavy atom. The Hall–Kier alpha value is -2.64. The molecule has 0 saturated carbocycles. The second kappa shape index (κ2) is 6.69. The molecule has 0 aromatic rings. The molecule has 2 rings (SSSR count). The normalized spacial score (nSPS) is 16.5. The van der Waals surface area contributed by atoms with E-state index in [0.29, 0.717) is 35.3 Å². The number of ketones is 1. The molecule has 0 amide bonds. The van der Waals surface area contributed by atoms with E-state index in [4.69, 9.17) is 4.74 Å². The van der Waals surface area contributed by atoms with Gasteiger partial charge in [-0.1, -0.05) is 30.9 Å². The molecule has 0 radical (unpaired) electrons. The summed E-state index contributed by atoms with van der Waals surface area (Å²) in [5, 5.41) is 0. The molecule has 0 aliphatic heterocycles. The standard InChI is InChI=1S/C18H16O3/c1-13(2)18(20)21-16-11-9-15(10-12-16)17(19)14-7-5-3-4-6-8-14/h3-7,9,11H,1,10,12H2,2H3. The van der Waals surface area contributed by atoms with Crippen LogP contribution in [0.15, 0.2) is 77.3 Å². The molecule has 2 aliphatic carbocycles. The van der Waals surface area contributed by atoms with Crippen LogP contribution in [0.5, 0.6) is 0 Å². The zero-order valence-corrected chi connectivity index (χ0v) is 11.9. The zero-order chi connectivity index (χ0) is 15.2. The van der Waals surface area contributed by atoms with Gasteiger partial charge in [0.25, 0.3) is 0 Å². The minimum Gasteiger partial charge on any atom is -0.428 e. The van der Waals surface area contributed by atoms with E-state index in [2.05, 4.69) is 12.3 Å². The van der Waals surface area contributed by atoms with Crippen molar-refractivity contribution in [3.8, 4) is 0 Å². The van der Waals surface area contributed by atoms with Gasteiger partial charge in [0.2, 0.25) is 0 Å². The predicted octanol–water partition coefficient (Wildman–Crippen LogP) is 3.49. The minimum atomic E-state index is -0.437. The minimum absolute atomic E-state index is 0.0484. The summed E-state index contributed by atoms with van der Waals surface area (Å²) in [5.74, 6) is 0.0720. The molecule has 0 saturated heterocycles. The Labute approximate surface area is 124 Å². The smallest absolute Gasteiger partial charge is 0.338 e. The number of carbonyl (C=O) groups excluding carboxylic acids is 2. The van der Waals surface area contributed by atoms with Gasteiger partial charge in [-0.3, -0.25) is 4.79 Å². The highest BCUT2D eigenvalue weighted by molar-refractivity contribution is 6.10. The molecule has 0 unspecified atom stereocenters. The first kappa shape index (κ1) is 14.8. The fourth-order valence-electron chi connectivity index (χ4n) is 1.87. The van der Waals surface area contributed by atoms with Crippen molar-refractivity contribution in [2.75, 3.05) is 0 Å². The van der Waals surface area contributed by atoms with Gasteiger partial charge < -0.3 is 4.74 Å². The van der Waals surface area contributed by atoms with Crippen LogP contribution in [0.4, 0.5) is 0 Å². The van der Waals surface area contributed by atoms with Crippen LogP contribution < -0.4 is 0 Å². The molecule has 3 heteroatoms. The summed E-state index contributed by atoms with van der Waals surface area (Å²) in [6.45, 7) is 5.13. The molecule has 106 valence electrons. The summed E-state index contributed by atoms with van der Waals surface area (Å²) in [7, 11) is 0. The lowest BCUT2D eigenvalue weighted by atomic mass is 9.95. The molecule has 0 atom stereocenters. The molecule has 0 spiro atoms. The first-order valence-electron chi connectivity index (χ1n) is 6.70. The monoisotopic (exact) mass is 280 g/mol. The molecule has 21 heavy (non-hydrogen) atoms. The van der Waals surface area contributed by atoms with E-state index in [0.717, 1.165) is 0 Å². The number of rotatable bonds is 4. The maximum absolute atomic E-state index is 12.3. The van der Waals surface area contributed by atoms with Gasteiger partial charge in [-0.2, -0.15) is 0 Å². The molecule has 2 aliphatic rings. The third-order valence-corrected chi connectivity index (χ3v) is 3.04. The third-order valence-electron chi connectivity index (χ3n) is 3.04. The van der Waals surface area contributed by atoms with E-state index < -0.39 is 5.97 Å². The van der Waals surface area contributed by atoms with E-state index >= 15 is 0 Å². The first-order chi connectivity index (χ1) is 10.1.